The predicted molar refractivity (Wildman–Crippen MR) is 137 cm³/mol. The van der Waals surface area contributed by atoms with Crippen LogP contribution in [-0.2, 0) is 38.0 Å². The Balaban J connectivity index is 3.43. The molecular weight excluding hydrogens is 524 g/mol. The highest BCUT2D eigenvalue weighted by Gasteiger charge is 2.59. The molecule has 1 heterocycles. The lowest BCUT2D eigenvalue weighted by Crippen LogP contribution is -2.66. The third kappa shape index (κ3) is 11.9. The Labute approximate surface area is 230 Å². The second-order valence-corrected chi connectivity index (χ2v) is 9.46. The monoisotopic (exact) mass is 571 g/mol. The van der Waals surface area contributed by atoms with Crippen LogP contribution in [0.2, 0.25) is 0 Å². The predicted octanol–water partition coefficient (Wildman–Crippen LogP) is 4.16. The Kier molecular flexibility index (Phi) is 17.8. The van der Waals surface area contributed by atoms with Gasteiger partial charge in [-0.3, -0.25) is 10.1 Å². The number of alkyl halides is 2. The smallest absolute Gasteiger partial charge is 0.381 e. The molecule has 0 spiro atoms. The van der Waals surface area contributed by atoms with E-state index in [-0.39, 0.29) is 26.6 Å². The van der Waals surface area contributed by atoms with Gasteiger partial charge in [-0.15, -0.1) is 0 Å². The van der Waals surface area contributed by atoms with Crippen molar-refractivity contribution in [1.82, 2.24) is 0 Å². The molecule has 0 aromatic rings. The van der Waals surface area contributed by atoms with Gasteiger partial charge in [-0.25, -0.2) is 13.6 Å². The Hall–Kier alpha value is -1.51. The standard InChI is InChI=1S/C26H47F2NO10/c1-6-10-13-34-17-20-21(36-14-11-7-2)22(37-15-12-8-3)23(38-18-33-5)24(39-20)26(27,28)16-19(29(31)32)25(30)35-9-4/h19-24H,6-18H2,1-5H3/t19?,20-,21+,22+,23-,24+/m1/s1. The SMILES string of the molecule is CCCCOC[C@H]1O[C@H](C(F)(F)CC(C(=O)OCC)[N+](=O)[O-])[C@H](OCOC)[C@@H](OCCCC)[C@H]1OCCCC. The highest BCUT2D eigenvalue weighted by molar-refractivity contribution is 5.74. The summed E-state index contributed by atoms with van der Waals surface area (Å²) in [6, 6.07) is -2.29. The van der Waals surface area contributed by atoms with Gasteiger partial charge in [0.1, 0.15) is 31.2 Å². The van der Waals surface area contributed by atoms with Crippen molar-refractivity contribution >= 4 is 5.97 Å². The first-order valence-electron chi connectivity index (χ1n) is 13.9. The minimum absolute atomic E-state index is 0.0510. The second kappa shape index (κ2) is 19.5. The van der Waals surface area contributed by atoms with E-state index in [1.54, 1.807) is 0 Å². The molecule has 0 aromatic heterocycles. The van der Waals surface area contributed by atoms with Crippen molar-refractivity contribution in [3.8, 4) is 0 Å². The lowest BCUT2D eigenvalue weighted by Gasteiger charge is -2.48. The van der Waals surface area contributed by atoms with Crippen molar-refractivity contribution in [2.24, 2.45) is 0 Å². The average Bonchev–Trinajstić information content (AvgIpc) is 2.89. The Bertz CT molecular complexity index is 687. The van der Waals surface area contributed by atoms with Gasteiger partial charge in [-0.05, 0) is 26.2 Å². The van der Waals surface area contributed by atoms with E-state index in [1.807, 2.05) is 20.8 Å². The van der Waals surface area contributed by atoms with Gasteiger partial charge in [0.2, 0.25) is 0 Å². The van der Waals surface area contributed by atoms with Gasteiger partial charge < -0.3 is 33.2 Å². The molecule has 1 aliphatic heterocycles. The molecule has 0 bridgehead atoms. The molecule has 0 N–H and O–H groups in total. The molecule has 1 saturated heterocycles. The molecule has 1 rings (SSSR count). The van der Waals surface area contributed by atoms with Crippen LogP contribution in [-0.4, -0.2) is 100 Å². The van der Waals surface area contributed by atoms with E-state index in [1.165, 1.54) is 14.0 Å². The summed E-state index contributed by atoms with van der Waals surface area (Å²) >= 11 is 0. The molecule has 0 aromatic carbocycles. The summed E-state index contributed by atoms with van der Waals surface area (Å²) in [5, 5.41) is 11.5. The molecule has 0 amide bonds. The van der Waals surface area contributed by atoms with Gasteiger partial charge in [0.25, 0.3) is 5.92 Å². The summed E-state index contributed by atoms with van der Waals surface area (Å²) < 4.78 is 71.1. The normalized spacial score (nSPS) is 24.4. The maximum absolute atomic E-state index is 15.9. The number of hydrogen-bond acceptors (Lipinski definition) is 10. The van der Waals surface area contributed by atoms with E-state index in [0.29, 0.717) is 19.6 Å². The van der Waals surface area contributed by atoms with E-state index in [0.717, 1.165) is 32.1 Å². The maximum atomic E-state index is 15.9. The lowest BCUT2D eigenvalue weighted by molar-refractivity contribution is -0.517. The van der Waals surface area contributed by atoms with E-state index in [4.69, 9.17) is 28.4 Å². The Morgan fingerprint density at radius 1 is 0.949 bits per heavy atom. The van der Waals surface area contributed by atoms with Gasteiger partial charge in [0.05, 0.1) is 19.6 Å². The summed E-state index contributed by atoms with van der Waals surface area (Å²) in [5.74, 6) is -5.23. The Morgan fingerprint density at radius 2 is 1.54 bits per heavy atom. The molecule has 0 radical (unpaired) electrons. The van der Waals surface area contributed by atoms with Crippen molar-refractivity contribution < 1.29 is 51.7 Å². The summed E-state index contributed by atoms with van der Waals surface area (Å²) in [6.07, 6.45) is -2.94. The van der Waals surface area contributed by atoms with E-state index < -0.39 is 59.8 Å². The summed E-state index contributed by atoms with van der Waals surface area (Å²) in [7, 11) is 1.34. The topological polar surface area (TPSA) is 125 Å². The van der Waals surface area contributed by atoms with Gasteiger partial charge >= 0.3 is 12.0 Å². The highest BCUT2D eigenvalue weighted by Crippen LogP contribution is 2.39. The number of hydrogen-bond donors (Lipinski definition) is 0. The number of ether oxygens (including phenoxy) is 7. The third-order valence-electron chi connectivity index (χ3n) is 6.25. The molecule has 1 unspecified atom stereocenters. The van der Waals surface area contributed by atoms with Crippen molar-refractivity contribution in [2.45, 2.75) is 115 Å². The van der Waals surface area contributed by atoms with Crippen molar-refractivity contribution in [3.63, 3.8) is 0 Å². The van der Waals surface area contributed by atoms with Crippen LogP contribution in [0.25, 0.3) is 0 Å². The van der Waals surface area contributed by atoms with E-state index in [9.17, 15) is 14.9 Å². The average molecular weight is 572 g/mol. The zero-order chi connectivity index (χ0) is 29.3. The van der Waals surface area contributed by atoms with E-state index in [2.05, 4.69) is 4.74 Å². The molecule has 0 saturated carbocycles. The Morgan fingerprint density at radius 3 is 2.08 bits per heavy atom. The molecule has 1 fully saturated rings. The van der Waals surface area contributed by atoms with Crippen LogP contribution in [0, 0.1) is 10.1 Å². The number of carbonyl (C=O) groups excluding carboxylic acids is 1. The van der Waals surface area contributed by atoms with Gasteiger partial charge in [0, 0.05) is 31.9 Å². The van der Waals surface area contributed by atoms with Gasteiger partial charge in [0.15, 0.2) is 6.10 Å². The van der Waals surface area contributed by atoms with Crippen molar-refractivity contribution in [1.29, 1.82) is 0 Å². The van der Waals surface area contributed by atoms with Crippen LogP contribution in [0.5, 0.6) is 0 Å². The largest absolute Gasteiger partial charge is 0.461 e. The minimum Gasteiger partial charge on any atom is -0.461 e. The number of esters is 1. The first-order valence-corrected chi connectivity index (χ1v) is 13.9. The number of carbonyl (C=O) groups is 1. The van der Waals surface area contributed by atoms with Crippen molar-refractivity contribution in [2.75, 3.05) is 46.9 Å². The summed E-state index contributed by atoms with van der Waals surface area (Å²) in [5.41, 5.74) is 0. The summed E-state index contributed by atoms with van der Waals surface area (Å²) in [6.45, 7) is 7.80. The van der Waals surface area contributed by atoms with Crippen LogP contribution in [0.3, 0.4) is 0 Å². The zero-order valence-electron chi connectivity index (χ0n) is 23.9. The summed E-state index contributed by atoms with van der Waals surface area (Å²) in [4.78, 5) is 22.6. The first kappa shape index (κ1) is 35.5. The van der Waals surface area contributed by atoms with Gasteiger partial charge in [-0.2, -0.15) is 0 Å². The highest BCUT2D eigenvalue weighted by atomic mass is 19.3. The number of halogens is 2. The van der Waals surface area contributed by atoms with Crippen molar-refractivity contribution in [3.05, 3.63) is 10.1 Å². The fourth-order valence-electron chi connectivity index (χ4n) is 4.14. The fraction of sp³-hybridized carbons (Fsp3) is 0.962. The number of methoxy groups -OCH3 is 1. The molecule has 230 valence electrons. The van der Waals surface area contributed by atoms with Crippen LogP contribution in [0.1, 0.15) is 72.6 Å². The number of rotatable bonds is 22. The van der Waals surface area contributed by atoms with E-state index >= 15 is 8.78 Å². The zero-order valence-corrected chi connectivity index (χ0v) is 23.9. The van der Waals surface area contributed by atoms with Crippen LogP contribution in [0.4, 0.5) is 8.78 Å². The molecule has 0 aliphatic carbocycles. The molecule has 6 atom stereocenters. The first-order chi connectivity index (χ1) is 18.7. The molecular formula is C26H47F2NO10. The quantitative estimate of drug-likeness (QED) is 0.0615. The second-order valence-electron chi connectivity index (χ2n) is 9.46. The number of nitrogens with zero attached hydrogens (tertiary/aromatic N) is 1. The third-order valence-corrected chi connectivity index (χ3v) is 6.25. The lowest BCUT2D eigenvalue weighted by atomic mass is 9.89. The molecule has 13 heteroatoms. The molecule has 11 nitrogen and oxygen atoms in total. The number of unbranched alkanes of at least 4 members (excludes halogenated alkanes) is 3. The fourth-order valence-corrected chi connectivity index (χ4v) is 4.14. The van der Waals surface area contributed by atoms with Gasteiger partial charge in [-0.1, -0.05) is 40.0 Å². The molecule has 39 heavy (non-hydrogen) atoms. The van der Waals surface area contributed by atoms with Crippen LogP contribution in [0.15, 0.2) is 0 Å². The van der Waals surface area contributed by atoms with Crippen LogP contribution < -0.4 is 0 Å². The number of nitro groups is 1. The minimum atomic E-state index is -3.88. The van der Waals surface area contributed by atoms with Crippen LogP contribution >= 0.6 is 0 Å². The molecule has 1 aliphatic rings. The maximum Gasteiger partial charge on any atom is 0.381 e.